The Morgan fingerprint density at radius 2 is 2.06 bits per heavy atom. The zero-order valence-corrected chi connectivity index (χ0v) is 18.8. The Kier molecular flexibility index (Phi) is 5.33. The molecule has 32 heavy (non-hydrogen) atoms. The van der Waals surface area contributed by atoms with E-state index in [-0.39, 0.29) is 23.7 Å². The minimum atomic E-state index is -0.415. The molecule has 168 valence electrons. The molecule has 0 saturated carbocycles. The van der Waals surface area contributed by atoms with Gasteiger partial charge in [-0.05, 0) is 50.2 Å². The van der Waals surface area contributed by atoms with Crippen LogP contribution >= 0.6 is 0 Å². The van der Waals surface area contributed by atoms with Crippen LogP contribution in [0.3, 0.4) is 0 Å². The molecule has 2 heterocycles. The van der Waals surface area contributed by atoms with E-state index in [1.165, 1.54) is 11.1 Å². The average Bonchev–Trinajstić information content (AvgIpc) is 3.05. The van der Waals surface area contributed by atoms with Crippen LogP contribution in [0.15, 0.2) is 54.6 Å². The molecule has 1 N–H and O–H groups in total. The minimum Gasteiger partial charge on any atom is -0.493 e. The van der Waals surface area contributed by atoms with Gasteiger partial charge in [0.25, 0.3) is 0 Å². The predicted molar refractivity (Wildman–Crippen MR) is 122 cm³/mol. The van der Waals surface area contributed by atoms with Gasteiger partial charge in [-0.25, -0.2) is 4.79 Å². The van der Waals surface area contributed by atoms with E-state index >= 15 is 0 Å². The van der Waals surface area contributed by atoms with Crippen molar-refractivity contribution in [3.63, 3.8) is 0 Å². The smallest absolute Gasteiger partial charge is 0.408 e. The fraction of sp³-hybridized carbons (Fsp3) is 0.423. The molecule has 4 atom stereocenters. The zero-order chi connectivity index (χ0) is 22.3. The van der Waals surface area contributed by atoms with Crippen molar-refractivity contribution in [2.24, 2.45) is 0 Å². The number of carbonyl (C=O) groups is 1. The number of hydrogen-bond acceptors (Lipinski definition) is 5. The first-order valence-corrected chi connectivity index (χ1v) is 11.3. The Hall–Kier alpha value is -2.99. The number of nitrogens with zero attached hydrogens (tertiary/aromatic N) is 1. The molecule has 1 unspecified atom stereocenters. The molecule has 5 rings (SSSR count). The Bertz CT molecular complexity index is 1040. The largest absolute Gasteiger partial charge is 0.493 e. The van der Waals surface area contributed by atoms with Crippen molar-refractivity contribution >= 4 is 6.09 Å². The summed E-state index contributed by atoms with van der Waals surface area (Å²) >= 11 is 0. The van der Waals surface area contributed by atoms with Crippen molar-refractivity contribution in [2.45, 2.75) is 50.0 Å². The molecule has 2 aromatic carbocycles. The second-order valence-electron chi connectivity index (χ2n) is 9.08. The fourth-order valence-corrected chi connectivity index (χ4v) is 5.33. The molecule has 2 aliphatic heterocycles. The van der Waals surface area contributed by atoms with Gasteiger partial charge in [-0.1, -0.05) is 42.5 Å². The summed E-state index contributed by atoms with van der Waals surface area (Å²) in [6, 6.07) is 13.9. The normalized spacial score (nSPS) is 26.8. The summed E-state index contributed by atoms with van der Waals surface area (Å²) in [4.78, 5) is 14.9. The van der Waals surface area contributed by atoms with Crippen LogP contribution in [-0.4, -0.2) is 43.9 Å². The third kappa shape index (κ3) is 3.52. The third-order valence-corrected chi connectivity index (χ3v) is 7.02. The minimum absolute atomic E-state index is 0.0894. The number of methoxy groups -OCH3 is 1. The number of amides is 1. The molecule has 1 spiro atoms. The maximum Gasteiger partial charge on any atom is 0.408 e. The van der Waals surface area contributed by atoms with E-state index in [0.29, 0.717) is 6.42 Å². The Balaban J connectivity index is 1.36. The van der Waals surface area contributed by atoms with E-state index in [1.54, 1.807) is 7.11 Å². The number of carbonyl (C=O) groups excluding carboxylic acids is 1. The highest BCUT2D eigenvalue weighted by atomic mass is 16.6. The first kappa shape index (κ1) is 20.9. The topological polar surface area (TPSA) is 60.0 Å². The monoisotopic (exact) mass is 434 g/mol. The molecule has 6 heteroatoms. The van der Waals surface area contributed by atoms with E-state index in [4.69, 9.17) is 14.2 Å². The molecule has 1 amide bonds. The predicted octanol–water partition coefficient (Wildman–Crippen LogP) is 4.35. The number of benzene rings is 2. The number of alkyl carbamates (subject to hydrolysis) is 1. The van der Waals surface area contributed by atoms with Crippen LogP contribution in [0.1, 0.15) is 42.5 Å². The van der Waals surface area contributed by atoms with Crippen molar-refractivity contribution < 1.29 is 19.0 Å². The molecule has 0 saturated heterocycles. The average molecular weight is 435 g/mol. The molecule has 2 aromatic rings. The Labute approximate surface area is 189 Å². The fourth-order valence-electron chi connectivity index (χ4n) is 5.33. The van der Waals surface area contributed by atoms with Crippen molar-refractivity contribution in [1.29, 1.82) is 0 Å². The lowest BCUT2D eigenvalue weighted by atomic mass is 9.69. The van der Waals surface area contributed by atoms with Gasteiger partial charge in [-0.15, -0.1) is 0 Å². The molecular formula is C26H30N2O4. The lowest BCUT2D eigenvalue weighted by Crippen LogP contribution is -2.44. The maximum absolute atomic E-state index is 12.6. The van der Waals surface area contributed by atoms with Crippen LogP contribution in [-0.2, 0) is 16.7 Å². The van der Waals surface area contributed by atoms with Crippen LogP contribution in [0.5, 0.6) is 11.5 Å². The standard InChI is InChI=1S/C26H30N2O4/c1-17(18-7-5-4-6-8-18)27-25(29)31-20-11-12-26-13-14-28(2)16-19-9-10-21(30-3)24(23(19)26)32-22(26)15-20/h4-12,17,20,22H,13-16H2,1-3H3,(H,27,29)/t17-,20-,22-,26?/m0/s1. The van der Waals surface area contributed by atoms with Crippen molar-refractivity contribution in [3.05, 3.63) is 71.3 Å². The summed E-state index contributed by atoms with van der Waals surface area (Å²) in [6.07, 6.45) is 4.99. The van der Waals surface area contributed by atoms with Crippen LogP contribution in [0.4, 0.5) is 4.79 Å². The molecule has 0 aromatic heterocycles. The van der Waals surface area contributed by atoms with Gasteiger partial charge in [0.05, 0.1) is 18.6 Å². The summed E-state index contributed by atoms with van der Waals surface area (Å²) in [5.74, 6) is 1.61. The second-order valence-corrected chi connectivity index (χ2v) is 9.08. The summed E-state index contributed by atoms with van der Waals surface area (Å²) in [5.41, 5.74) is 3.35. The number of ether oxygens (including phenoxy) is 3. The van der Waals surface area contributed by atoms with Gasteiger partial charge >= 0.3 is 6.09 Å². The Morgan fingerprint density at radius 3 is 2.84 bits per heavy atom. The van der Waals surface area contributed by atoms with E-state index in [9.17, 15) is 4.79 Å². The summed E-state index contributed by atoms with van der Waals surface area (Å²) in [7, 11) is 3.83. The van der Waals surface area contributed by atoms with Gasteiger partial charge in [-0.3, -0.25) is 0 Å². The lowest BCUT2D eigenvalue weighted by molar-refractivity contribution is 0.0594. The molecule has 0 radical (unpaired) electrons. The molecule has 1 aliphatic carbocycles. The van der Waals surface area contributed by atoms with E-state index < -0.39 is 6.09 Å². The first-order chi connectivity index (χ1) is 15.5. The highest BCUT2D eigenvalue weighted by Crippen LogP contribution is 2.55. The third-order valence-electron chi connectivity index (χ3n) is 7.02. The van der Waals surface area contributed by atoms with E-state index in [2.05, 4.69) is 29.4 Å². The van der Waals surface area contributed by atoms with Crippen molar-refractivity contribution in [1.82, 2.24) is 10.2 Å². The van der Waals surface area contributed by atoms with E-state index in [1.807, 2.05) is 49.4 Å². The van der Waals surface area contributed by atoms with Crippen LogP contribution in [0, 0.1) is 0 Å². The van der Waals surface area contributed by atoms with Crippen LogP contribution < -0.4 is 14.8 Å². The maximum atomic E-state index is 12.6. The van der Waals surface area contributed by atoms with Crippen molar-refractivity contribution in [3.8, 4) is 11.5 Å². The highest BCUT2D eigenvalue weighted by molar-refractivity contribution is 5.68. The molecule has 3 aliphatic rings. The second kappa shape index (κ2) is 8.17. The summed E-state index contributed by atoms with van der Waals surface area (Å²) < 4.78 is 17.9. The van der Waals surface area contributed by atoms with Crippen molar-refractivity contribution in [2.75, 3.05) is 20.7 Å². The number of rotatable bonds is 4. The van der Waals surface area contributed by atoms with Gasteiger partial charge in [-0.2, -0.15) is 0 Å². The number of hydrogen-bond donors (Lipinski definition) is 1. The molecule has 0 bridgehead atoms. The lowest BCUT2D eigenvalue weighted by Gasteiger charge is -2.36. The molecular weight excluding hydrogens is 404 g/mol. The van der Waals surface area contributed by atoms with Crippen LogP contribution in [0.2, 0.25) is 0 Å². The quantitative estimate of drug-likeness (QED) is 0.726. The molecule has 6 nitrogen and oxygen atoms in total. The van der Waals surface area contributed by atoms with Gasteiger partial charge in [0.2, 0.25) is 0 Å². The highest BCUT2D eigenvalue weighted by Gasteiger charge is 2.53. The Morgan fingerprint density at radius 1 is 1.25 bits per heavy atom. The first-order valence-electron chi connectivity index (χ1n) is 11.3. The van der Waals surface area contributed by atoms with Crippen LogP contribution in [0.25, 0.3) is 0 Å². The SMILES string of the molecule is COc1ccc2c3c1O[C@H]1C[C@@H](OC(=O)N[C@@H](C)c4ccccc4)C=CC31CCN(C)C2. The summed E-state index contributed by atoms with van der Waals surface area (Å²) in [5, 5.41) is 2.94. The van der Waals surface area contributed by atoms with E-state index in [0.717, 1.165) is 36.6 Å². The molecule has 0 fully saturated rings. The zero-order valence-electron chi connectivity index (χ0n) is 18.8. The van der Waals surface area contributed by atoms with Gasteiger partial charge < -0.3 is 24.4 Å². The number of nitrogens with one attached hydrogen (secondary N) is 1. The summed E-state index contributed by atoms with van der Waals surface area (Å²) in [6.45, 7) is 3.81. The van der Waals surface area contributed by atoms with Gasteiger partial charge in [0.15, 0.2) is 11.5 Å². The van der Waals surface area contributed by atoms with Gasteiger partial charge in [0, 0.05) is 18.5 Å². The van der Waals surface area contributed by atoms with Gasteiger partial charge in [0.1, 0.15) is 12.2 Å².